The van der Waals surface area contributed by atoms with Crippen molar-refractivity contribution in [1.82, 2.24) is 20.4 Å². The fourth-order valence-corrected chi connectivity index (χ4v) is 2.94. The molecule has 2 amide bonds. The summed E-state index contributed by atoms with van der Waals surface area (Å²) in [6.07, 6.45) is 2.30. The number of nitrogens with one attached hydrogen (secondary N) is 2. The van der Waals surface area contributed by atoms with Crippen molar-refractivity contribution in [3.63, 3.8) is 0 Å². The van der Waals surface area contributed by atoms with Crippen LogP contribution in [0.2, 0.25) is 0 Å². The van der Waals surface area contributed by atoms with Gasteiger partial charge >= 0.3 is 6.09 Å². The van der Waals surface area contributed by atoms with Crippen LogP contribution in [0.15, 0.2) is 6.07 Å². The fourth-order valence-electron chi connectivity index (χ4n) is 2.94. The van der Waals surface area contributed by atoms with Gasteiger partial charge in [-0.05, 0) is 25.8 Å². The van der Waals surface area contributed by atoms with Crippen LogP contribution in [-0.4, -0.2) is 52.3 Å². The minimum atomic E-state index is -0.344. The highest BCUT2D eigenvalue weighted by atomic mass is 16.6. The van der Waals surface area contributed by atoms with E-state index in [0.717, 1.165) is 24.2 Å². The summed E-state index contributed by atoms with van der Waals surface area (Å²) in [7, 11) is 0. The molecule has 0 atom stereocenters. The summed E-state index contributed by atoms with van der Waals surface area (Å²) < 4.78 is 4.98. The van der Waals surface area contributed by atoms with Crippen molar-refractivity contribution in [3.05, 3.63) is 17.5 Å². The third-order valence-corrected chi connectivity index (χ3v) is 4.27. The molecule has 1 aromatic heterocycles. The van der Waals surface area contributed by atoms with Crippen LogP contribution in [-0.2, 0) is 16.0 Å². The first kappa shape index (κ1) is 13.9. The van der Waals surface area contributed by atoms with Gasteiger partial charge in [0.2, 0.25) is 5.91 Å². The van der Waals surface area contributed by atoms with Crippen LogP contribution in [0, 0.1) is 6.92 Å². The van der Waals surface area contributed by atoms with Gasteiger partial charge < -0.3 is 15.0 Å². The highest BCUT2D eigenvalue weighted by Crippen LogP contribution is 2.26. The van der Waals surface area contributed by atoms with Crippen LogP contribution in [0.25, 0.3) is 0 Å². The third kappa shape index (κ3) is 3.01. The second-order valence-electron chi connectivity index (χ2n) is 5.90. The topological polar surface area (TPSA) is 87.3 Å². The molecule has 1 spiro atoms. The number of nitrogens with zero attached hydrogens (tertiary/aromatic N) is 2. The lowest BCUT2D eigenvalue weighted by atomic mass is 9.89. The molecule has 2 aliphatic rings. The molecule has 114 valence electrons. The number of ether oxygens (including phenoxy) is 1. The van der Waals surface area contributed by atoms with E-state index in [-0.39, 0.29) is 17.5 Å². The number of piperidine rings is 1. The molecule has 2 saturated heterocycles. The number of alkyl carbamates (subject to hydrolysis) is 1. The van der Waals surface area contributed by atoms with Crippen molar-refractivity contribution in [3.8, 4) is 0 Å². The first-order valence-corrected chi connectivity index (χ1v) is 7.30. The molecule has 2 fully saturated rings. The summed E-state index contributed by atoms with van der Waals surface area (Å²) >= 11 is 0. The van der Waals surface area contributed by atoms with Gasteiger partial charge in [0.05, 0.1) is 11.2 Å². The number of aromatic amines is 1. The van der Waals surface area contributed by atoms with Gasteiger partial charge in [0, 0.05) is 31.6 Å². The van der Waals surface area contributed by atoms with Gasteiger partial charge in [0.15, 0.2) is 0 Å². The maximum Gasteiger partial charge on any atom is 0.407 e. The summed E-state index contributed by atoms with van der Waals surface area (Å²) in [6, 6.07) is 1.96. The molecule has 1 aromatic rings. The van der Waals surface area contributed by atoms with Crippen molar-refractivity contribution in [2.45, 2.75) is 38.1 Å². The van der Waals surface area contributed by atoms with Gasteiger partial charge in [-0.15, -0.1) is 0 Å². The van der Waals surface area contributed by atoms with E-state index < -0.39 is 0 Å². The lowest BCUT2D eigenvalue weighted by molar-refractivity contribution is -0.132. The van der Waals surface area contributed by atoms with E-state index >= 15 is 0 Å². The van der Waals surface area contributed by atoms with Crippen LogP contribution < -0.4 is 5.32 Å². The largest absolute Gasteiger partial charge is 0.447 e. The average molecular weight is 292 g/mol. The summed E-state index contributed by atoms with van der Waals surface area (Å²) in [4.78, 5) is 25.3. The first-order chi connectivity index (χ1) is 10.1. The predicted molar refractivity (Wildman–Crippen MR) is 74.7 cm³/mol. The number of likely N-dealkylation sites (tertiary alicyclic amines) is 1. The first-order valence-electron chi connectivity index (χ1n) is 7.30. The molecule has 0 aliphatic carbocycles. The Morgan fingerprint density at radius 3 is 2.81 bits per heavy atom. The van der Waals surface area contributed by atoms with Gasteiger partial charge in [-0.1, -0.05) is 0 Å². The van der Waals surface area contributed by atoms with Crippen LogP contribution in [0.4, 0.5) is 4.79 Å². The van der Waals surface area contributed by atoms with E-state index in [4.69, 9.17) is 4.74 Å². The minimum Gasteiger partial charge on any atom is -0.447 e. The molecule has 0 radical (unpaired) electrons. The number of carbonyl (C=O) groups excluding carboxylic acids is 2. The number of hydrogen-bond donors (Lipinski definition) is 2. The molecule has 7 heteroatoms. The van der Waals surface area contributed by atoms with Crippen LogP contribution >= 0.6 is 0 Å². The second-order valence-corrected chi connectivity index (χ2v) is 5.90. The van der Waals surface area contributed by atoms with E-state index in [1.165, 1.54) is 0 Å². The number of amides is 2. The number of aryl methyl sites for hydroxylation is 2. The van der Waals surface area contributed by atoms with E-state index in [1.54, 1.807) is 0 Å². The molecule has 3 rings (SSSR count). The zero-order valence-corrected chi connectivity index (χ0v) is 12.1. The van der Waals surface area contributed by atoms with Crippen molar-refractivity contribution in [2.75, 3.05) is 19.7 Å². The molecule has 0 saturated carbocycles. The Kier molecular flexibility index (Phi) is 3.57. The highest BCUT2D eigenvalue weighted by molar-refractivity contribution is 5.76. The standard InChI is InChI=1S/C14H20N4O3/c1-10-8-11(17-16-10)2-3-12(19)18-6-4-14(5-7-18)9-21-13(20)15-14/h8H,2-7,9H2,1H3,(H,15,20)(H,16,17). The zero-order valence-electron chi connectivity index (χ0n) is 12.1. The Bertz CT molecular complexity index is 546. The number of aromatic nitrogens is 2. The maximum absolute atomic E-state index is 12.2. The SMILES string of the molecule is Cc1cc(CCC(=O)N2CCC3(CC2)COC(=O)N3)n[nH]1. The number of rotatable bonds is 3. The Balaban J connectivity index is 1.47. The normalized spacial score (nSPS) is 20.4. The number of cyclic esters (lactones) is 1. The van der Waals surface area contributed by atoms with Crippen molar-refractivity contribution in [1.29, 1.82) is 0 Å². The Hall–Kier alpha value is -2.05. The molecule has 0 bridgehead atoms. The molecule has 0 unspecified atom stereocenters. The molecule has 21 heavy (non-hydrogen) atoms. The molecule has 3 heterocycles. The summed E-state index contributed by atoms with van der Waals surface area (Å²) in [5.41, 5.74) is 1.67. The maximum atomic E-state index is 12.2. The number of carbonyl (C=O) groups is 2. The van der Waals surface area contributed by atoms with Crippen LogP contribution in [0.1, 0.15) is 30.7 Å². The van der Waals surface area contributed by atoms with Gasteiger partial charge in [-0.2, -0.15) is 5.10 Å². The molecular weight excluding hydrogens is 272 g/mol. The van der Waals surface area contributed by atoms with Gasteiger partial charge in [-0.25, -0.2) is 4.79 Å². The highest BCUT2D eigenvalue weighted by Gasteiger charge is 2.42. The third-order valence-electron chi connectivity index (χ3n) is 4.27. The average Bonchev–Trinajstić information content (AvgIpc) is 3.04. The summed E-state index contributed by atoms with van der Waals surface area (Å²) in [5, 5.41) is 9.90. The summed E-state index contributed by atoms with van der Waals surface area (Å²) in [5.74, 6) is 0.149. The predicted octanol–water partition coefficient (Wildman–Crippen LogP) is 0.752. The van der Waals surface area contributed by atoms with E-state index in [1.807, 2.05) is 17.9 Å². The van der Waals surface area contributed by atoms with E-state index in [9.17, 15) is 9.59 Å². The van der Waals surface area contributed by atoms with Crippen molar-refractivity contribution < 1.29 is 14.3 Å². The smallest absolute Gasteiger partial charge is 0.407 e. The Labute approximate surface area is 123 Å². The molecule has 0 aromatic carbocycles. The molecule has 2 aliphatic heterocycles. The Morgan fingerprint density at radius 1 is 1.48 bits per heavy atom. The van der Waals surface area contributed by atoms with Gasteiger partial charge in [-0.3, -0.25) is 9.89 Å². The van der Waals surface area contributed by atoms with Crippen LogP contribution in [0.3, 0.4) is 0 Å². The van der Waals surface area contributed by atoms with Crippen molar-refractivity contribution >= 4 is 12.0 Å². The lowest BCUT2D eigenvalue weighted by Gasteiger charge is -2.37. The molecule has 2 N–H and O–H groups in total. The second kappa shape index (κ2) is 5.38. The summed E-state index contributed by atoms with van der Waals surface area (Å²) in [6.45, 7) is 3.70. The quantitative estimate of drug-likeness (QED) is 0.860. The van der Waals surface area contributed by atoms with Crippen molar-refractivity contribution in [2.24, 2.45) is 0 Å². The zero-order chi connectivity index (χ0) is 14.9. The molecule has 7 nitrogen and oxygen atoms in total. The van der Waals surface area contributed by atoms with Gasteiger partial charge in [0.1, 0.15) is 6.61 Å². The minimum absolute atomic E-state index is 0.149. The van der Waals surface area contributed by atoms with E-state index in [2.05, 4.69) is 15.5 Å². The number of H-pyrrole nitrogens is 1. The van der Waals surface area contributed by atoms with Gasteiger partial charge in [0.25, 0.3) is 0 Å². The molecular formula is C14H20N4O3. The number of hydrogen-bond acceptors (Lipinski definition) is 4. The lowest BCUT2D eigenvalue weighted by Crippen LogP contribution is -2.53. The van der Waals surface area contributed by atoms with E-state index in [0.29, 0.717) is 32.5 Å². The fraction of sp³-hybridized carbons (Fsp3) is 0.643. The monoisotopic (exact) mass is 292 g/mol. The Morgan fingerprint density at radius 2 is 2.24 bits per heavy atom. The van der Waals surface area contributed by atoms with Crippen LogP contribution in [0.5, 0.6) is 0 Å².